The molecule has 2 N–H and O–H groups in total. The highest BCUT2D eigenvalue weighted by atomic mass is 16.5. The Morgan fingerprint density at radius 2 is 1.95 bits per heavy atom. The second kappa shape index (κ2) is 6.19. The van der Waals surface area contributed by atoms with E-state index in [-0.39, 0.29) is 6.04 Å². The van der Waals surface area contributed by atoms with Crippen LogP contribution in [0.3, 0.4) is 0 Å². The first-order chi connectivity index (χ1) is 10.3. The van der Waals surface area contributed by atoms with E-state index in [0.717, 1.165) is 36.3 Å². The van der Waals surface area contributed by atoms with Crippen LogP contribution in [0.5, 0.6) is 11.5 Å². The molecule has 0 amide bonds. The van der Waals surface area contributed by atoms with Crippen molar-refractivity contribution < 1.29 is 9.47 Å². The lowest BCUT2D eigenvalue weighted by Gasteiger charge is -2.24. The molecule has 110 valence electrons. The molecule has 3 rings (SSSR count). The van der Waals surface area contributed by atoms with Crippen LogP contribution in [-0.4, -0.2) is 7.11 Å². The number of benzene rings is 2. The molecule has 0 saturated carbocycles. The fourth-order valence-electron chi connectivity index (χ4n) is 2.87. The van der Waals surface area contributed by atoms with Crippen molar-refractivity contribution in [1.82, 2.24) is 0 Å². The molecule has 1 aliphatic carbocycles. The molecule has 0 radical (unpaired) electrons. The summed E-state index contributed by atoms with van der Waals surface area (Å²) in [6.45, 7) is 0.565. The van der Waals surface area contributed by atoms with Gasteiger partial charge in [0.2, 0.25) is 0 Å². The van der Waals surface area contributed by atoms with Crippen molar-refractivity contribution in [2.45, 2.75) is 31.9 Å². The number of methoxy groups -OCH3 is 1. The molecule has 1 aliphatic rings. The van der Waals surface area contributed by atoms with Crippen molar-refractivity contribution in [3.8, 4) is 11.5 Å². The molecule has 1 atom stereocenters. The lowest BCUT2D eigenvalue weighted by Crippen LogP contribution is -2.18. The molecule has 0 bridgehead atoms. The molecule has 0 aliphatic heterocycles. The molecule has 3 nitrogen and oxygen atoms in total. The molecule has 0 saturated heterocycles. The van der Waals surface area contributed by atoms with Gasteiger partial charge in [-0.1, -0.05) is 24.3 Å². The first kappa shape index (κ1) is 14.0. The average Bonchev–Trinajstić information content (AvgIpc) is 2.54. The predicted molar refractivity (Wildman–Crippen MR) is 83.6 cm³/mol. The Morgan fingerprint density at radius 3 is 2.71 bits per heavy atom. The number of ether oxygens (including phenoxy) is 2. The van der Waals surface area contributed by atoms with Gasteiger partial charge in [0.05, 0.1) is 7.11 Å². The standard InChI is InChI=1S/C18H21NO2/c1-20-14-10-8-13(9-11-14)12-21-18-7-3-4-15-16(18)5-2-6-17(15)19/h3-4,7-11,17H,2,5-6,12,19H2,1H3. The summed E-state index contributed by atoms with van der Waals surface area (Å²) in [4.78, 5) is 0. The third-order valence-electron chi connectivity index (χ3n) is 4.06. The molecule has 21 heavy (non-hydrogen) atoms. The van der Waals surface area contributed by atoms with E-state index in [2.05, 4.69) is 6.07 Å². The number of hydrogen-bond donors (Lipinski definition) is 1. The number of hydrogen-bond acceptors (Lipinski definition) is 3. The molecule has 2 aromatic carbocycles. The second-order valence-corrected chi connectivity index (χ2v) is 5.46. The van der Waals surface area contributed by atoms with Crippen LogP contribution in [0.15, 0.2) is 42.5 Å². The fourth-order valence-corrected chi connectivity index (χ4v) is 2.87. The minimum atomic E-state index is 0.151. The van der Waals surface area contributed by atoms with Crippen LogP contribution in [0.2, 0.25) is 0 Å². The molecule has 0 spiro atoms. The molecular weight excluding hydrogens is 262 g/mol. The zero-order chi connectivity index (χ0) is 14.7. The van der Waals surface area contributed by atoms with Crippen molar-refractivity contribution in [2.24, 2.45) is 5.73 Å². The maximum Gasteiger partial charge on any atom is 0.123 e. The van der Waals surface area contributed by atoms with Gasteiger partial charge in [-0.2, -0.15) is 0 Å². The van der Waals surface area contributed by atoms with Gasteiger partial charge in [0.15, 0.2) is 0 Å². The van der Waals surface area contributed by atoms with Crippen molar-refractivity contribution in [3.63, 3.8) is 0 Å². The van der Waals surface area contributed by atoms with Crippen LogP contribution in [0.4, 0.5) is 0 Å². The van der Waals surface area contributed by atoms with Gasteiger partial charge in [0.1, 0.15) is 18.1 Å². The van der Waals surface area contributed by atoms with E-state index in [9.17, 15) is 0 Å². The first-order valence-corrected chi connectivity index (χ1v) is 7.41. The summed E-state index contributed by atoms with van der Waals surface area (Å²) in [6, 6.07) is 14.3. The van der Waals surface area contributed by atoms with Crippen LogP contribution < -0.4 is 15.2 Å². The number of nitrogens with two attached hydrogens (primary N) is 1. The first-order valence-electron chi connectivity index (χ1n) is 7.41. The Labute approximate surface area is 125 Å². The Bertz CT molecular complexity index is 607. The summed E-state index contributed by atoms with van der Waals surface area (Å²) in [5, 5.41) is 0. The molecule has 0 fully saturated rings. The topological polar surface area (TPSA) is 44.5 Å². The maximum absolute atomic E-state index is 6.19. The monoisotopic (exact) mass is 283 g/mol. The predicted octanol–water partition coefficient (Wildman–Crippen LogP) is 3.61. The van der Waals surface area contributed by atoms with Gasteiger partial charge in [-0.3, -0.25) is 0 Å². The zero-order valence-corrected chi connectivity index (χ0v) is 12.3. The third kappa shape index (κ3) is 3.03. The van der Waals surface area contributed by atoms with Gasteiger partial charge in [0, 0.05) is 6.04 Å². The maximum atomic E-state index is 6.19. The van der Waals surface area contributed by atoms with E-state index in [4.69, 9.17) is 15.2 Å². The summed E-state index contributed by atoms with van der Waals surface area (Å²) >= 11 is 0. The highest BCUT2D eigenvalue weighted by molar-refractivity contribution is 5.43. The van der Waals surface area contributed by atoms with Crippen LogP contribution in [0.25, 0.3) is 0 Å². The van der Waals surface area contributed by atoms with Crippen molar-refractivity contribution in [3.05, 3.63) is 59.2 Å². The highest BCUT2D eigenvalue weighted by Gasteiger charge is 2.19. The summed E-state index contributed by atoms with van der Waals surface area (Å²) in [7, 11) is 1.67. The second-order valence-electron chi connectivity index (χ2n) is 5.46. The minimum absolute atomic E-state index is 0.151. The van der Waals surface area contributed by atoms with Gasteiger partial charge in [-0.15, -0.1) is 0 Å². The molecule has 3 heteroatoms. The van der Waals surface area contributed by atoms with E-state index < -0.39 is 0 Å². The lowest BCUT2D eigenvalue weighted by atomic mass is 9.87. The molecule has 2 aromatic rings. The zero-order valence-electron chi connectivity index (χ0n) is 12.3. The molecule has 0 aromatic heterocycles. The molecular formula is C18H21NO2. The van der Waals surface area contributed by atoms with Gasteiger partial charge in [-0.05, 0) is 54.2 Å². The van der Waals surface area contributed by atoms with E-state index in [0.29, 0.717) is 6.61 Å². The van der Waals surface area contributed by atoms with Gasteiger partial charge >= 0.3 is 0 Å². The summed E-state index contributed by atoms with van der Waals surface area (Å²) in [5.74, 6) is 1.83. The van der Waals surface area contributed by atoms with Crippen molar-refractivity contribution in [1.29, 1.82) is 0 Å². The van der Waals surface area contributed by atoms with Gasteiger partial charge in [0.25, 0.3) is 0 Å². The van der Waals surface area contributed by atoms with Crippen molar-refractivity contribution in [2.75, 3.05) is 7.11 Å². The molecule has 0 heterocycles. The van der Waals surface area contributed by atoms with Crippen LogP contribution in [0, 0.1) is 0 Å². The van der Waals surface area contributed by atoms with Crippen LogP contribution in [0.1, 0.15) is 35.6 Å². The van der Waals surface area contributed by atoms with E-state index >= 15 is 0 Å². The smallest absolute Gasteiger partial charge is 0.123 e. The lowest BCUT2D eigenvalue weighted by molar-refractivity contribution is 0.300. The highest BCUT2D eigenvalue weighted by Crippen LogP contribution is 2.34. The average molecular weight is 283 g/mol. The largest absolute Gasteiger partial charge is 0.497 e. The van der Waals surface area contributed by atoms with Crippen molar-refractivity contribution >= 4 is 0 Å². The Kier molecular flexibility index (Phi) is 4.11. The van der Waals surface area contributed by atoms with E-state index in [1.807, 2.05) is 36.4 Å². The summed E-state index contributed by atoms with van der Waals surface area (Å²) in [6.07, 6.45) is 3.26. The summed E-state index contributed by atoms with van der Waals surface area (Å²) < 4.78 is 11.2. The SMILES string of the molecule is COc1ccc(COc2cccc3c2CCCC3N)cc1. The minimum Gasteiger partial charge on any atom is -0.497 e. The third-order valence-corrected chi connectivity index (χ3v) is 4.06. The van der Waals surface area contributed by atoms with Crippen LogP contribution >= 0.6 is 0 Å². The quantitative estimate of drug-likeness (QED) is 0.932. The summed E-state index contributed by atoms with van der Waals surface area (Å²) in [5.41, 5.74) is 9.84. The number of rotatable bonds is 4. The van der Waals surface area contributed by atoms with Gasteiger partial charge in [-0.25, -0.2) is 0 Å². The fraction of sp³-hybridized carbons (Fsp3) is 0.333. The molecule has 1 unspecified atom stereocenters. The van der Waals surface area contributed by atoms with Gasteiger partial charge < -0.3 is 15.2 Å². The van der Waals surface area contributed by atoms with Crippen LogP contribution in [-0.2, 0) is 13.0 Å². The van der Waals surface area contributed by atoms with E-state index in [1.165, 1.54) is 11.1 Å². The Hall–Kier alpha value is -2.00. The Morgan fingerprint density at radius 1 is 1.14 bits per heavy atom. The normalized spacial score (nSPS) is 17.1. The number of fused-ring (bicyclic) bond motifs is 1. The van der Waals surface area contributed by atoms with E-state index in [1.54, 1.807) is 7.11 Å². The Balaban J connectivity index is 1.74.